The average molecular weight is 221 g/mol. The highest BCUT2D eigenvalue weighted by molar-refractivity contribution is 5.67. The van der Waals surface area contributed by atoms with Crippen molar-refractivity contribution in [1.29, 1.82) is 0 Å². The van der Waals surface area contributed by atoms with Gasteiger partial charge in [-0.2, -0.15) is 0 Å². The molecule has 0 aliphatic heterocycles. The van der Waals surface area contributed by atoms with E-state index in [-0.39, 0.29) is 12.0 Å². The number of hydrogen-bond donors (Lipinski definition) is 2. The maximum atomic E-state index is 10.6. The Morgan fingerprint density at radius 2 is 2.00 bits per heavy atom. The molecule has 0 amide bonds. The highest BCUT2D eigenvalue weighted by Gasteiger charge is 2.22. The van der Waals surface area contributed by atoms with Crippen LogP contribution < -0.4 is 5.32 Å². The molecule has 2 N–H and O–H groups in total. The maximum Gasteiger partial charge on any atom is 0.303 e. The fourth-order valence-corrected chi connectivity index (χ4v) is 1.58. The summed E-state index contributed by atoms with van der Waals surface area (Å²) in [6.07, 6.45) is 1.73. The van der Waals surface area contributed by atoms with Crippen molar-refractivity contribution in [3.05, 3.63) is 30.3 Å². The highest BCUT2D eigenvalue weighted by atomic mass is 16.4. The number of nitrogens with one attached hydrogen (secondary N) is 1. The maximum absolute atomic E-state index is 10.6. The van der Waals surface area contributed by atoms with Crippen molar-refractivity contribution in [2.24, 2.45) is 0 Å². The van der Waals surface area contributed by atoms with Gasteiger partial charge in [0, 0.05) is 17.6 Å². The van der Waals surface area contributed by atoms with Crippen molar-refractivity contribution in [2.45, 2.75) is 38.6 Å². The van der Waals surface area contributed by atoms with Gasteiger partial charge in [0.1, 0.15) is 0 Å². The number of benzene rings is 1. The fourth-order valence-electron chi connectivity index (χ4n) is 1.58. The molecular formula is C13H19NO2. The van der Waals surface area contributed by atoms with E-state index in [1.807, 2.05) is 30.3 Å². The lowest BCUT2D eigenvalue weighted by Crippen LogP contribution is -2.34. The molecule has 1 unspecified atom stereocenters. The molecule has 0 saturated heterocycles. The Bertz CT molecular complexity index is 337. The normalized spacial score (nSPS) is 14.1. The van der Waals surface area contributed by atoms with Gasteiger partial charge in [-0.05, 0) is 31.9 Å². The van der Waals surface area contributed by atoms with Crippen LogP contribution in [0.2, 0.25) is 0 Å². The van der Waals surface area contributed by atoms with Crippen LogP contribution in [-0.2, 0) is 4.79 Å². The van der Waals surface area contributed by atoms with Crippen LogP contribution in [0.5, 0.6) is 0 Å². The van der Waals surface area contributed by atoms with Crippen LogP contribution in [0.4, 0.5) is 5.69 Å². The summed E-state index contributed by atoms with van der Waals surface area (Å²) in [5.41, 5.74) is 0.886. The van der Waals surface area contributed by atoms with Crippen LogP contribution >= 0.6 is 0 Å². The minimum absolute atomic E-state index is 0.153. The summed E-state index contributed by atoms with van der Waals surface area (Å²) < 4.78 is 0. The highest BCUT2D eigenvalue weighted by Crippen LogP contribution is 2.23. The molecule has 0 aliphatic rings. The number of anilines is 1. The molecule has 0 aliphatic carbocycles. The summed E-state index contributed by atoms with van der Waals surface area (Å²) in [7, 11) is 0. The van der Waals surface area contributed by atoms with E-state index >= 15 is 0 Å². The quantitative estimate of drug-likeness (QED) is 0.776. The zero-order chi connectivity index (χ0) is 12.0. The van der Waals surface area contributed by atoms with E-state index in [0.29, 0.717) is 6.42 Å². The molecule has 1 atom stereocenters. The monoisotopic (exact) mass is 221 g/mol. The van der Waals surface area contributed by atoms with Crippen molar-refractivity contribution in [1.82, 2.24) is 0 Å². The number of aliphatic carboxylic acids is 1. The van der Waals surface area contributed by atoms with Crippen LogP contribution in [0, 0.1) is 0 Å². The van der Waals surface area contributed by atoms with Crippen LogP contribution in [0.3, 0.4) is 0 Å². The molecule has 16 heavy (non-hydrogen) atoms. The Hall–Kier alpha value is -1.51. The van der Waals surface area contributed by atoms with Crippen molar-refractivity contribution >= 4 is 11.7 Å². The molecule has 0 saturated carbocycles. The van der Waals surface area contributed by atoms with Gasteiger partial charge in [0.15, 0.2) is 0 Å². The lowest BCUT2D eigenvalue weighted by molar-refractivity contribution is -0.137. The topological polar surface area (TPSA) is 49.3 Å². The van der Waals surface area contributed by atoms with Crippen molar-refractivity contribution in [2.75, 3.05) is 5.32 Å². The van der Waals surface area contributed by atoms with Crippen molar-refractivity contribution in [3.63, 3.8) is 0 Å². The van der Waals surface area contributed by atoms with Gasteiger partial charge in [-0.15, -0.1) is 0 Å². The molecule has 0 fully saturated rings. The van der Waals surface area contributed by atoms with Gasteiger partial charge in [-0.1, -0.05) is 25.1 Å². The number of para-hydroxylation sites is 1. The SMILES string of the molecule is CCC(C)(CCC(=O)O)Nc1ccccc1. The zero-order valence-corrected chi connectivity index (χ0v) is 9.86. The minimum atomic E-state index is -0.741. The zero-order valence-electron chi connectivity index (χ0n) is 9.86. The van der Waals surface area contributed by atoms with Gasteiger partial charge in [0.05, 0.1) is 0 Å². The summed E-state index contributed by atoms with van der Waals surface area (Å²) in [4.78, 5) is 10.6. The first-order valence-corrected chi connectivity index (χ1v) is 5.61. The number of carbonyl (C=O) groups is 1. The van der Waals surface area contributed by atoms with E-state index in [1.54, 1.807) is 0 Å². The molecule has 0 bridgehead atoms. The first kappa shape index (κ1) is 12.6. The Morgan fingerprint density at radius 3 is 2.50 bits per heavy atom. The molecule has 1 aromatic rings. The Morgan fingerprint density at radius 1 is 1.38 bits per heavy atom. The Labute approximate surface area is 96.5 Å². The number of carboxylic acid groups (broad SMARTS) is 1. The molecule has 0 heterocycles. The predicted octanol–water partition coefficient (Wildman–Crippen LogP) is 3.13. The predicted molar refractivity (Wildman–Crippen MR) is 65.6 cm³/mol. The summed E-state index contributed by atoms with van der Waals surface area (Å²) >= 11 is 0. The van der Waals surface area contributed by atoms with Gasteiger partial charge < -0.3 is 10.4 Å². The van der Waals surface area contributed by atoms with E-state index in [1.165, 1.54) is 0 Å². The lowest BCUT2D eigenvalue weighted by atomic mass is 9.92. The molecule has 3 heteroatoms. The molecule has 3 nitrogen and oxygen atoms in total. The minimum Gasteiger partial charge on any atom is -0.481 e. The van der Waals surface area contributed by atoms with Gasteiger partial charge >= 0.3 is 5.97 Å². The van der Waals surface area contributed by atoms with Gasteiger partial charge in [-0.25, -0.2) is 0 Å². The summed E-state index contributed by atoms with van der Waals surface area (Å²) in [5.74, 6) is -0.741. The van der Waals surface area contributed by atoms with E-state index in [0.717, 1.165) is 12.1 Å². The lowest BCUT2D eigenvalue weighted by Gasteiger charge is -2.30. The van der Waals surface area contributed by atoms with Gasteiger partial charge in [-0.3, -0.25) is 4.79 Å². The van der Waals surface area contributed by atoms with Gasteiger partial charge in [0.25, 0.3) is 0 Å². The second-order valence-corrected chi connectivity index (χ2v) is 4.30. The third-order valence-corrected chi connectivity index (χ3v) is 2.89. The first-order chi connectivity index (χ1) is 7.56. The second kappa shape index (κ2) is 5.54. The molecule has 1 aromatic carbocycles. The molecule has 0 radical (unpaired) electrons. The molecule has 88 valence electrons. The van der Waals surface area contributed by atoms with E-state index in [2.05, 4.69) is 19.2 Å². The Balaban J connectivity index is 2.62. The standard InChI is InChI=1S/C13H19NO2/c1-3-13(2,10-9-12(15)16)14-11-7-5-4-6-8-11/h4-8,14H,3,9-10H2,1-2H3,(H,15,16). The second-order valence-electron chi connectivity index (χ2n) is 4.30. The summed E-state index contributed by atoms with van der Waals surface area (Å²) in [5, 5.41) is 12.1. The third-order valence-electron chi connectivity index (χ3n) is 2.89. The average Bonchev–Trinajstić information content (AvgIpc) is 2.28. The first-order valence-electron chi connectivity index (χ1n) is 5.61. The van der Waals surface area contributed by atoms with Crippen molar-refractivity contribution < 1.29 is 9.90 Å². The van der Waals surface area contributed by atoms with Crippen LogP contribution in [0.15, 0.2) is 30.3 Å². The molecular weight excluding hydrogens is 202 g/mol. The Kier molecular flexibility index (Phi) is 4.35. The number of hydrogen-bond acceptors (Lipinski definition) is 2. The van der Waals surface area contributed by atoms with Crippen LogP contribution in [0.1, 0.15) is 33.1 Å². The number of carboxylic acids is 1. The molecule has 1 rings (SSSR count). The summed E-state index contributed by atoms with van der Waals surface area (Å²) in [6, 6.07) is 9.89. The smallest absolute Gasteiger partial charge is 0.303 e. The summed E-state index contributed by atoms with van der Waals surface area (Å²) in [6.45, 7) is 4.13. The third kappa shape index (κ3) is 3.93. The van der Waals surface area contributed by atoms with Gasteiger partial charge in [0.2, 0.25) is 0 Å². The van der Waals surface area contributed by atoms with Crippen molar-refractivity contribution in [3.8, 4) is 0 Å². The van der Waals surface area contributed by atoms with E-state index in [4.69, 9.17) is 5.11 Å². The van der Waals surface area contributed by atoms with E-state index < -0.39 is 5.97 Å². The van der Waals surface area contributed by atoms with Crippen LogP contribution in [-0.4, -0.2) is 16.6 Å². The van der Waals surface area contributed by atoms with E-state index in [9.17, 15) is 4.79 Å². The van der Waals surface area contributed by atoms with Crippen LogP contribution in [0.25, 0.3) is 0 Å². The number of rotatable bonds is 6. The molecule has 0 aromatic heterocycles. The fraction of sp³-hybridized carbons (Fsp3) is 0.462. The largest absolute Gasteiger partial charge is 0.481 e. The molecule has 0 spiro atoms.